The van der Waals surface area contributed by atoms with E-state index in [9.17, 15) is 9.59 Å². The number of hydrogen-bond donors (Lipinski definition) is 0. The molecule has 0 spiro atoms. The number of esters is 1. The molecule has 0 fully saturated rings. The molecule has 0 unspecified atom stereocenters. The van der Waals surface area contributed by atoms with Gasteiger partial charge in [-0.25, -0.2) is 9.79 Å². The van der Waals surface area contributed by atoms with E-state index in [-0.39, 0.29) is 12.2 Å². The Kier molecular flexibility index (Phi) is 7.50. The summed E-state index contributed by atoms with van der Waals surface area (Å²) in [6, 6.07) is 17.8. The van der Waals surface area contributed by atoms with Crippen molar-refractivity contribution in [2.24, 2.45) is 4.99 Å². The van der Waals surface area contributed by atoms with E-state index in [1.807, 2.05) is 42.5 Å². The number of rotatable bonds is 6. The molecule has 37 heavy (non-hydrogen) atoms. The second-order valence-electron chi connectivity index (χ2n) is 7.98. The average molecular weight is 691 g/mol. The van der Waals surface area contributed by atoms with Crippen molar-refractivity contribution in [2.75, 3.05) is 13.7 Å². The third kappa shape index (κ3) is 4.97. The maximum absolute atomic E-state index is 13.8. The fourth-order valence-electron chi connectivity index (χ4n) is 4.11. The second kappa shape index (κ2) is 10.8. The number of carbonyl (C=O) groups is 1. The molecule has 7 nitrogen and oxygen atoms in total. The molecule has 3 heterocycles. The Bertz CT molecular complexity index is 1670. The van der Waals surface area contributed by atoms with Crippen molar-refractivity contribution in [3.05, 3.63) is 111 Å². The first-order valence-corrected chi connectivity index (χ1v) is 14.0. The molecule has 0 radical (unpaired) electrons. The Labute approximate surface area is 238 Å². The molecular formula is C27H20BrIN2O5S. The summed E-state index contributed by atoms with van der Waals surface area (Å²) in [5.41, 5.74) is 1.98. The van der Waals surface area contributed by atoms with Crippen molar-refractivity contribution < 1.29 is 18.7 Å². The molecule has 0 saturated heterocycles. The average Bonchev–Trinajstić information content (AvgIpc) is 3.40. The molecule has 10 heteroatoms. The SMILES string of the molecule is CCOC(=O)C1=C(c2ccccc2)N=c2s/c(=C/c3cc(Br)c(I)o3)c(=O)n2[C@@H]1c1ccc(OC)cc1. The molecule has 1 aliphatic rings. The highest BCUT2D eigenvalue weighted by Gasteiger charge is 2.35. The minimum absolute atomic E-state index is 0.191. The molecule has 0 bridgehead atoms. The Morgan fingerprint density at radius 3 is 2.57 bits per heavy atom. The number of ether oxygens (including phenoxy) is 2. The first kappa shape index (κ1) is 25.7. The van der Waals surface area contributed by atoms with Crippen LogP contribution >= 0.6 is 49.9 Å². The molecular weight excluding hydrogens is 671 g/mol. The molecule has 188 valence electrons. The van der Waals surface area contributed by atoms with Gasteiger partial charge < -0.3 is 13.9 Å². The summed E-state index contributed by atoms with van der Waals surface area (Å²) < 4.78 is 20.0. The van der Waals surface area contributed by atoms with Gasteiger partial charge in [0.25, 0.3) is 5.56 Å². The molecule has 1 aliphatic heterocycles. The number of carbonyl (C=O) groups excluding carboxylic acids is 1. The Morgan fingerprint density at radius 2 is 1.95 bits per heavy atom. The van der Waals surface area contributed by atoms with Crippen LogP contribution in [-0.2, 0) is 9.53 Å². The van der Waals surface area contributed by atoms with Crippen molar-refractivity contribution in [1.82, 2.24) is 4.57 Å². The van der Waals surface area contributed by atoms with Crippen molar-refractivity contribution in [1.29, 1.82) is 0 Å². The van der Waals surface area contributed by atoms with Gasteiger partial charge in [-0.3, -0.25) is 9.36 Å². The summed E-state index contributed by atoms with van der Waals surface area (Å²) in [4.78, 5) is 32.6. The van der Waals surface area contributed by atoms with Gasteiger partial charge in [0.2, 0.25) is 0 Å². The lowest BCUT2D eigenvalue weighted by Crippen LogP contribution is -2.40. The first-order chi connectivity index (χ1) is 17.9. The third-order valence-corrected chi connectivity index (χ3v) is 8.86. The molecule has 2 aromatic heterocycles. The van der Waals surface area contributed by atoms with Gasteiger partial charge in [-0.1, -0.05) is 53.8 Å². The number of aromatic nitrogens is 1. The van der Waals surface area contributed by atoms with Crippen LogP contribution in [0.2, 0.25) is 0 Å². The highest BCUT2D eigenvalue weighted by atomic mass is 127. The minimum Gasteiger partial charge on any atom is -0.497 e. The Hall–Kier alpha value is -2.96. The molecule has 1 atom stereocenters. The van der Waals surface area contributed by atoms with Gasteiger partial charge in [-0.15, -0.1) is 0 Å². The quantitative estimate of drug-likeness (QED) is 0.212. The van der Waals surface area contributed by atoms with E-state index in [2.05, 4.69) is 38.5 Å². The van der Waals surface area contributed by atoms with E-state index in [0.717, 1.165) is 15.6 Å². The standard InChI is InChI=1S/C27H20BrIN2O5S/c1-3-35-26(33)21-22(15-7-5-4-6-8-15)30-27-31(23(21)16-9-11-17(34-2)12-10-16)25(32)20(37-27)14-18-13-19(28)24(29)36-18/h4-14,23H,3H2,1-2H3/b20-14+/t23-/m1/s1. The monoisotopic (exact) mass is 690 g/mol. The fraction of sp³-hybridized carbons (Fsp3) is 0.148. The summed E-state index contributed by atoms with van der Waals surface area (Å²) >= 11 is 6.76. The van der Waals surface area contributed by atoms with Crippen molar-refractivity contribution in [3.8, 4) is 5.75 Å². The molecule has 0 aliphatic carbocycles. The van der Waals surface area contributed by atoms with Crippen LogP contribution < -0.4 is 19.6 Å². The van der Waals surface area contributed by atoms with Crippen LogP contribution in [0.25, 0.3) is 11.8 Å². The smallest absolute Gasteiger partial charge is 0.338 e. The zero-order valence-electron chi connectivity index (χ0n) is 19.7. The highest BCUT2D eigenvalue weighted by Crippen LogP contribution is 2.35. The summed E-state index contributed by atoms with van der Waals surface area (Å²) in [5, 5.41) is 0. The lowest BCUT2D eigenvalue weighted by atomic mass is 9.93. The maximum Gasteiger partial charge on any atom is 0.338 e. The largest absolute Gasteiger partial charge is 0.497 e. The van der Waals surface area contributed by atoms with Gasteiger partial charge in [0, 0.05) is 34.2 Å². The lowest BCUT2D eigenvalue weighted by Gasteiger charge is -2.26. The van der Waals surface area contributed by atoms with E-state index in [1.165, 1.54) is 11.3 Å². The fourth-order valence-corrected chi connectivity index (χ4v) is 5.80. The first-order valence-electron chi connectivity index (χ1n) is 11.3. The van der Waals surface area contributed by atoms with Crippen LogP contribution in [0, 0.1) is 3.77 Å². The third-order valence-electron chi connectivity index (χ3n) is 5.74. The lowest BCUT2D eigenvalue weighted by molar-refractivity contribution is -0.138. The Balaban J connectivity index is 1.82. The molecule has 5 rings (SSSR count). The number of benzene rings is 2. The zero-order valence-corrected chi connectivity index (χ0v) is 24.3. The number of halogens is 2. The predicted molar refractivity (Wildman–Crippen MR) is 153 cm³/mol. The summed E-state index contributed by atoms with van der Waals surface area (Å²) in [7, 11) is 1.59. The van der Waals surface area contributed by atoms with Crippen LogP contribution in [0.15, 0.2) is 84.9 Å². The van der Waals surface area contributed by atoms with E-state index >= 15 is 0 Å². The number of thiazole rings is 1. The summed E-state index contributed by atoms with van der Waals surface area (Å²) in [5.74, 6) is 0.680. The van der Waals surface area contributed by atoms with E-state index in [1.54, 1.807) is 42.9 Å². The number of fused-ring (bicyclic) bond motifs is 1. The van der Waals surface area contributed by atoms with E-state index in [0.29, 0.717) is 35.9 Å². The van der Waals surface area contributed by atoms with Crippen LogP contribution in [0.5, 0.6) is 5.75 Å². The van der Waals surface area contributed by atoms with Gasteiger partial charge in [0.1, 0.15) is 11.5 Å². The van der Waals surface area contributed by atoms with E-state index in [4.69, 9.17) is 18.9 Å². The molecule has 2 aromatic carbocycles. The van der Waals surface area contributed by atoms with Crippen molar-refractivity contribution in [2.45, 2.75) is 13.0 Å². The number of furan rings is 1. The predicted octanol–water partition coefficient (Wildman–Crippen LogP) is 4.90. The van der Waals surface area contributed by atoms with Gasteiger partial charge in [0.15, 0.2) is 8.57 Å². The molecule has 0 N–H and O–H groups in total. The number of methoxy groups -OCH3 is 1. The minimum atomic E-state index is -0.748. The van der Waals surface area contributed by atoms with Crippen LogP contribution in [-0.4, -0.2) is 24.3 Å². The van der Waals surface area contributed by atoms with Crippen LogP contribution in [0.3, 0.4) is 0 Å². The summed E-state index contributed by atoms with van der Waals surface area (Å²) in [6.45, 7) is 1.94. The van der Waals surface area contributed by atoms with E-state index < -0.39 is 12.0 Å². The zero-order chi connectivity index (χ0) is 26.1. The number of hydrogen-bond acceptors (Lipinski definition) is 7. The van der Waals surface area contributed by atoms with Crippen molar-refractivity contribution in [3.63, 3.8) is 0 Å². The molecule has 0 amide bonds. The summed E-state index contributed by atoms with van der Waals surface area (Å²) in [6.07, 6.45) is 1.69. The number of nitrogens with zero attached hydrogens (tertiary/aromatic N) is 2. The van der Waals surface area contributed by atoms with Gasteiger partial charge in [-0.2, -0.15) is 0 Å². The maximum atomic E-state index is 13.8. The van der Waals surface area contributed by atoms with Crippen LogP contribution in [0.4, 0.5) is 0 Å². The van der Waals surface area contributed by atoms with Crippen LogP contribution in [0.1, 0.15) is 29.9 Å². The Morgan fingerprint density at radius 1 is 1.22 bits per heavy atom. The van der Waals surface area contributed by atoms with Crippen molar-refractivity contribution >= 4 is 67.6 Å². The van der Waals surface area contributed by atoms with Gasteiger partial charge in [-0.05, 0) is 46.6 Å². The topological polar surface area (TPSA) is 83.0 Å². The highest BCUT2D eigenvalue weighted by molar-refractivity contribution is 14.1. The second-order valence-corrected chi connectivity index (χ2v) is 10.8. The van der Waals surface area contributed by atoms with Gasteiger partial charge >= 0.3 is 5.97 Å². The molecule has 0 saturated carbocycles. The molecule has 4 aromatic rings. The normalized spacial score (nSPS) is 15.4. The van der Waals surface area contributed by atoms with Gasteiger partial charge in [0.05, 0.1) is 40.0 Å².